The van der Waals surface area contributed by atoms with E-state index in [-0.39, 0.29) is 10.9 Å². The summed E-state index contributed by atoms with van der Waals surface area (Å²) in [5.41, 5.74) is 0.337. The number of rotatable bonds is 7. The molecule has 0 amide bonds. The van der Waals surface area contributed by atoms with Crippen LogP contribution in [0.15, 0.2) is 29.2 Å². The lowest BCUT2D eigenvalue weighted by Gasteiger charge is -2.41. The molecule has 7 heteroatoms. The fourth-order valence-corrected chi connectivity index (χ4v) is 4.53. The van der Waals surface area contributed by atoms with Gasteiger partial charge < -0.3 is 4.74 Å². The van der Waals surface area contributed by atoms with Crippen LogP contribution in [0.5, 0.6) is 0 Å². The van der Waals surface area contributed by atoms with Crippen molar-refractivity contribution in [2.45, 2.75) is 63.4 Å². The molecule has 1 fully saturated rings. The van der Waals surface area contributed by atoms with E-state index < -0.39 is 29.7 Å². The Labute approximate surface area is 151 Å². The minimum Gasteiger partial charge on any atom is -0.466 e. The molecule has 1 aliphatic carbocycles. The summed E-state index contributed by atoms with van der Waals surface area (Å²) in [4.78, 5) is 12.4. The minimum atomic E-state index is -3.80. The van der Waals surface area contributed by atoms with Crippen molar-refractivity contribution >= 4 is 24.2 Å². The molecule has 1 aliphatic rings. The van der Waals surface area contributed by atoms with Crippen LogP contribution in [-0.2, 0) is 23.8 Å². The molecular weight excluding hydrogens is 356 g/mol. The maximum atomic E-state index is 12.3. The first kappa shape index (κ1) is 20.1. The molecule has 0 radical (unpaired) electrons. The lowest BCUT2D eigenvalue weighted by atomic mass is 9.68. The summed E-state index contributed by atoms with van der Waals surface area (Å²) in [5.74, 6) is -0.252. The van der Waals surface area contributed by atoms with Gasteiger partial charge in [0.25, 0.3) is 10.1 Å². The highest BCUT2D eigenvalue weighted by atomic mass is 32.2. The number of carbonyl (C=O) groups is 1. The van der Waals surface area contributed by atoms with Gasteiger partial charge in [-0.05, 0) is 44.9 Å². The van der Waals surface area contributed by atoms with E-state index in [1.165, 1.54) is 12.1 Å². The van der Waals surface area contributed by atoms with Crippen LogP contribution in [0.3, 0.4) is 0 Å². The van der Waals surface area contributed by atoms with Gasteiger partial charge in [0, 0.05) is 8.07 Å². The largest absolute Gasteiger partial charge is 0.466 e. The highest BCUT2D eigenvalue weighted by Gasteiger charge is 2.49. The van der Waals surface area contributed by atoms with E-state index in [4.69, 9.17) is 8.92 Å². The Hall–Kier alpha value is -1.18. The lowest BCUT2D eigenvalue weighted by Crippen LogP contribution is -2.47. The number of hydrogen-bond acceptors (Lipinski definition) is 5. The second-order valence-electron chi connectivity index (χ2n) is 8.40. The monoisotopic (exact) mass is 384 g/mol. The Morgan fingerprint density at radius 1 is 1.20 bits per heavy atom. The Balaban J connectivity index is 1.86. The SMILES string of the molecule is Cc1ccc(S(=O)(=O)OC2CC(C)(C(=O)OCC[Si](C)(C)C)C2)cc1. The van der Waals surface area contributed by atoms with E-state index >= 15 is 0 Å². The van der Waals surface area contributed by atoms with Gasteiger partial charge in [0.2, 0.25) is 0 Å². The molecule has 25 heavy (non-hydrogen) atoms. The summed E-state index contributed by atoms with van der Waals surface area (Å²) in [6.45, 7) is 10.8. The second kappa shape index (κ2) is 7.21. The molecule has 0 spiro atoms. The zero-order valence-electron chi connectivity index (χ0n) is 15.7. The van der Waals surface area contributed by atoms with E-state index in [9.17, 15) is 13.2 Å². The normalized spacial score (nSPS) is 23.8. The fourth-order valence-electron chi connectivity index (χ4n) is 2.74. The van der Waals surface area contributed by atoms with E-state index in [0.717, 1.165) is 11.6 Å². The van der Waals surface area contributed by atoms with Gasteiger partial charge in [0.1, 0.15) is 0 Å². The van der Waals surface area contributed by atoms with E-state index in [1.54, 1.807) is 12.1 Å². The third kappa shape index (κ3) is 5.39. The van der Waals surface area contributed by atoms with Gasteiger partial charge >= 0.3 is 5.97 Å². The smallest absolute Gasteiger partial charge is 0.311 e. The molecule has 0 bridgehead atoms. The average Bonchev–Trinajstić information content (AvgIpc) is 2.44. The first-order chi connectivity index (χ1) is 11.4. The van der Waals surface area contributed by atoms with Gasteiger partial charge in [0.15, 0.2) is 0 Å². The molecule has 0 aliphatic heterocycles. The van der Waals surface area contributed by atoms with Crippen LogP contribution >= 0.6 is 0 Å². The third-order valence-electron chi connectivity index (χ3n) is 4.51. The van der Waals surface area contributed by atoms with Gasteiger partial charge in [-0.25, -0.2) is 0 Å². The van der Waals surface area contributed by atoms with Crippen molar-refractivity contribution in [1.82, 2.24) is 0 Å². The maximum Gasteiger partial charge on any atom is 0.311 e. The van der Waals surface area contributed by atoms with Crippen LogP contribution < -0.4 is 0 Å². The molecule has 0 atom stereocenters. The van der Waals surface area contributed by atoms with E-state index in [1.807, 2.05) is 13.8 Å². The zero-order valence-corrected chi connectivity index (χ0v) is 17.5. The Bertz CT molecular complexity index is 713. The van der Waals surface area contributed by atoms with Gasteiger partial charge in [-0.3, -0.25) is 8.98 Å². The predicted octanol–water partition coefficient (Wildman–Crippen LogP) is 3.75. The third-order valence-corrected chi connectivity index (χ3v) is 7.59. The Kier molecular flexibility index (Phi) is 5.80. The van der Waals surface area contributed by atoms with Crippen LogP contribution in [-0.4, -0.2) is 35.2 Å². The molecule has 0 unspecified atom stereocenters. The summed E-state index contributed by atoms with van der Waals surface area (Å²) < 4.78 is 35.2. The van der Waals surface area contributed by atoms with Crippen LogP contribution in [0.25, 0.3) is 0 Å². The van der Waals surface area contributed by atoms with Crippen molar-refractivity contribution in [3.8, 4) is 0 Å². The van der Waals surface area contributed by atoms with Crippen molar-refractivity contribution < 1.29 is 22.1 Å². The molecule has 1 saturated carbocycles. The van der Waals surface area contributed by atoms with E-state index in [2.05, 4.69) is 19.6 Å². The second-order valence-corrected chi connectivity index (χ2v) is 15.6. The highest BCUT2D eigenvalue weighted by Crippen LogP contribution is 2.44. The summed E-state index contributed by atoms with van der Waals surface area (Å²) in [5, 5.41) is 0. The molecule has 1 aromatic rings. The number of esters is 1. The van der Waals surface area contributed by atoms with Crippen molar-refractivity contribution in [3.63, 3.8) is 0 Å². The quantitative estimate of drug-likeness (QED) is 0.407. The van der Waals surface area contributed by atoms with Gasteiger partial charge in [-0.1, -0.05) is 37.3 Å². The molecule has 0 saturated heterocycles. The number of benzene rings is 1. The molecule has 0 N–H and O–H groups in total. The standard InChI is InChI=1S/C18H28O5SSi/c1-14-6-8-16(9-7-14)24(20,21)23-15-12-18(2,13-15)17(19)22-10-11-25(3,4)5/h6-9,15H,10-13H2,1-5H3. The van der Waals surface area contributed by atoms with Crippen molar-refractivity contribution in [2.75, 3.05) is 6.61 Å². The van der Waals surface area contributed by atoms with Crippen LogP contribution in [0.1, 0.15) is 25.3 Å². The first-order valence-corrected chi connectivity index (χ1v) is 13.7. The fraction of sp³-hybridized carbons (Fsp3) is 0.611. The molecular formula is C18H28O5SSi. The van der Waals surface area contributed by atoms with E-state index in [0.29, 0.717) is 19.4 Å². The van der Waals surface area contributed by atoms with Crippen LogP contribution in [0.2, 0.25) is 25.7 Å². The van der Waals surface area contributed by atoms with Crippen molar-refractivity contribution in [2.24, 2.45) is 5.41 Å². The molecule has 1 aromatic carbocycles. The maximum absolute atomic E-state index is 12.3. The summed E-state index contributed by atoms with van der Waals surface area (Å²) >= 11 is 0. The number of carbonyl (C=O) groups excluding carboxylic acids is 1. The zero-order chi connectivity index (χ0) is 18.9. The number of hydrogen-bond donors (Lipinski definition) is 0. The van der Waals surface area contributed by atoms with Crippen molar-refractivity contribution in [3.05, 3.63) is 29.8 Å². The molecule has 140 valence electrons. The predicted molar refractivity (Wildman–Crippen MR) is 99.7 cm³/mol. The number of aryl methyl sites for hydroxylation is 1. The topological polar surface area (TPSA) is 69.7 Å². The van der Waals surface area contributed by atoms with Gasteiger partial charge in [-0.15, -0.1) is 0 Å². The Morgan fingerprint density at radius 2 is 1.76 bits per heavy atom. The summed E-state index contributed by atoms with van der Waals surface area (Å²) in [6, 6.07) is 7.46. The average molecular weight is 385 g/mol. The van der Waals surface area contributed by atoms with Gasteiger partial charge in [0.05, 0.1) is 23.0 Å². The first-order valence-electron chi connectivity index (χ1n) is 8.59. The molecule has 0 aromatic heterocycles. The highest BCUT2D eigenvalue weighted by molar-refractivity contribution is 7.86. The summed E-state index contributed by atoms with van der Waals surface area (Å²) in [7, 11) is -5.04. The Morgan fingerprint density at radius 3 is 2.28 bits per heavy atom. The van der Waals surface area contributed by atoms with Gasteiger partial charge in [-0.2, -0.15) is 8.42 Å². The van der Waals surface area contributed by atoms with Crippen LogP contribution in [0, 0.1) is 12.3 Å². The molecule has 5 nitrogen and oxygen atoms in total. The molecule has 0 heterocycles. The number of ether oxygens (including phenoxy) is 1. The molecule has 2 rings (SSSR count). The lowest BCUT2D eigenvalue weighted by molar-refractivity contribution is -0.165. The van der Waals surface area contributed by atoms with Crippen LogP contribution in [0.4, 0.5) is 0 Å². The minimum absolute atomic E-state index is 0.143. The van der Waals surface area contributed by atoms with Crippen molar-refractivity contribution in [1.29, 1.82) is 0 Å². The summed E-state index contributed by atoms with van der Waals surface area (Å²) in [6.07, 6.45) is 0.258.